The number of benzene rings is 1. The number of carbonyl (C=O) groups excluding carboxylic acids is 1. The van der Waals surface area contributed by atoms with Crippen LogP contribution in [0.1, 0.15) is 11.1 Å². The molecule has 0 atom stereocenters. The van der Waals surface area contributed by atoms with E-state index in [0.29, 0.717) is 22.1 Å². The minimum Gasteiger partial charge on any atom is -0.391 e. The number of carbonyl (C=O) groups is 1. The van der Waals surface area contributed by atoms with Crippen molar-refractivity contribution in [3.8, 4) is 11.3 Å². The molecule has 2 heterocycles. The summed E-state index contributed by atoms with van der Waals surface area (Å²) in [5.41, 5.74) is 2.83. The molecule has 0 aliphatic rings. The zero-order valence-electron chi connectivity index (χ0n) is 13.1. The first-order valence-corrected chi connectivity index (χ1v) is 7.88. The summed E-state index contributed by atoms with van der Waals surface area (Å²) < 4.78 is 0. The number of pyridine rings is 1. The van der Waals surface area contributed by atoms with E-state index in [1.165, 1.54) is 6.08 Å². The Labute approximate surface area is 149 Å². The topological polar surface area (TPSA) is 90.9 Å². The van der Waals surface area contributed by atoms with E-state index >= 15 is 0 Å². The lowest BCUT2D eigenvalue weighted by atomic mass is 10.1. The second-order valence-corrected chi connectivity index (χ2v) is 5.63. The van der Waals surface area contributed by atoms with Gasteiger partial charge in [0.25, 0.3) is 0 Å². The Hall–Kier alpha value is -2.96. The van der Waals surface area contributed by atoms with Crippen molar-refractivity contribution in [3.63, 3.8) is 0 Å². The molecule has 0 spiro atoms. The highest BCUT2D eigenvalue weighted by Gasteiger charge is 2.15. The van der Waals surface area contributed by atoms with Crippen molar-refractivity contribution >= 4 is 29.4 Å². The van der Waals surface area contributed by atoms with E-state index in [1.807, 2.05) is 0 Å². The molecular formula is C18H15ClN4O2. The molecule has 3 N–H and O–H groups in total. The zero-order valence-corrected chi connectivity index (χ0v) is 13.9. The first-order chi connectivity index (χ1) is 12.2. The molecule has 7 heteroatoms. The fourth-order valence-electron chi connectivity index (χ4n) is 2.28. The molecule has 0 radical (unpaired) electrons. The van der Waals surface area contributed by atoms with Crippen LogP contribution in [0.25, 0.3) is 17.3 Å². The maximum Gasteiger partial charge on any atom is 0.249 e. The number of halogens is 1. The second kappa shape index (κ2) is 7.74. The highest BCUT2D eigenvalue weighted by Crippen LogP contribution is 2.26. The van der Waals surface area contributed by atoms with Gasteiger partial charge in [0.05, 0.1) is 12.3 Å². The highest BCUT2D eigenvalue weighted by molar-refractivity contribution is 6.30. The van der Waals surface area contributed by atoms with Gasteiger partial charge in [-0.15, -0.1) is 0 Å². The van der Waals surface area contributed by atoms with Crippen molar-refractivity contribution in [3.05, 3.63) is 71.0 Å². The Morgan fingerprint density at radius 3 is 2.60 bits per heavy atom. The molecule has 0 fully saturated rings. The van der Waals surface area contributed by atoms with E-state index < -0.39 is 0 Å². The molecule has 1 amide bonds. The van der Waals surface area contributed by atoms with Gasteiger partial charge in [-0.1, -0.05) is 23.7 Å². The van der Waals surface area contributed by atoms with Crippen LogP contribution in [0.4, 0.5) is 5.82 Å². The summed E-state index contributed by atoms with van der Waals surface area (Å²) in [5, 5.41) is 19.9. The Morgan fingerprint density at radius 1 is 1.20 bits per heavy atom. The fourth-order valence-corrected chi connectivity index (χ4v) is 2.41. The van der Waals surface area contributed by atoms with Gasteiger partial charge in [0, 0.05) is 34.6 Å². The lowest BCUT2D eigenvalue weighted by Crippen LogP contribution is -2.09. The molecule has 1 aromatic carbocycles. The van der Waals surface area contributed by atoms with Gasteiger partial charge in [0.1, 0.15) is 0 Å². The van der Waals surface area contributed by atoms with Crippen molar-refractivity contribution in [2.24, 2.45) is 0 Å². The van der Waals surface area contributed by atoms with Crippen LogP contribution in [-0.2, 0) is 11.4 Å². The number of nitrogens with zero attached hydrogens (tertiary/aromatic N) is 2. The number of aliphatic hydroxyl groups excluding tert-OH is 1. The number of aliphatic hydroxyl groups is 1. The third-order valence-corrected chi connectivity index (χ3v) is 3.78. The molecule has 3 rings (SSSR count). The lowest BCUT2D eigenvalue weighted by Gasteiger charge is -2.03. The predicted octanol–water partition coefficient (Wildman–Crippen LogP) is 3.27. The van der Waals surface area contributed by atoms with E-state index in [4.69, 9.17) is 11.6 Å². The molecule has 0 unspecified atom stereocenters. The van der Waals surface area contributed by atoms with E-state index in [9.17, 15) is 9.90 Å². The third kappa shape index (κ3) is 4.12. The van der Waals surface area contributed by atoms with E-state index in [1.54, 1.807) is 54.9 Å². The first kappa shape index (κ1) is 16.9. The molecule has 3 aromatic rings. The van der Waals surface area contributed by atoms with Crippen molar-refractivity contribution < 1.29 is 9.90 Å². The Kier molecular flexibility index (Phi) is 5.23. The van der Waals surface area contributed by atoms with Crippen LogP contribution < -0.4 is 5.32 Å². The molecule has 0 bridgehead atoms. The summed E-state index contributed by atoms with van der Waals surface area (Å²) in [7, 11) is 0. The normalized spacial score (nSPS) is 11.0. The van der Waals surface area contributed by atoms with Gasteiger partial charge in [-0.05, 0) is 35.9 Å². The molecule has 0 saturated carbocycles. The highest BCUT2D eigenvalue weighted by atomic mass is 35.5. The minimum atomic E-state index is -0.350. The van der Waals surface area contributed by atoms with Crippen molar-refractivity contribution in [2.45, 2.75) is 6.61 Å². The van der Waals surface area contributed by atoms with Gasteiger partial charge in [0.15, 0.2) is 5.82 Å². The quantitative estimate of drug-likeness (QED) is 0.613. The summed E-state index contributed by atoms with van der Waals surface area (Å²) in [5.74, 6) is -0.0579. The monoisotopic (exact) mass is 354 g/mol. The van der Waals surface area contributed by atoms with Gasteiger partial charge >= 0.3 is 0 Å². The standard InChI is InChI=1S/C18H15ClN4O2/c19-14-4-1-12(2-5-14)3-6-16(25)21-18-15(11-24)17(22-23-18)13-7-9-20-10-8-13/h1-10,24H,11H2,(H2,21,22,23,25). The molecular weight excluding hydrogens is 340 g/mol. The molecule has 2 aromatic heterocycles. The van der Waals surface area contributed by atoms with Crippen LogP contribution in [0.3, 0.4) is 0 Å². The van der Waals surface area contributed by atoms with Crippen LogP contribution in [0.5, 0.6) is 0 Å². The Bertz CT molecular complexity index is 889. The predicted molar refractivity (Wildman–Crippen MR) is 96.9 cm³/mol. The summed E-state index contributed by atoms with van der Waals surface area (Å²) in [6, 6.07) is 10.7. The van der Waals surface area contributed by atoms with Crippen LogP contribution in [-0.4, -0.2) is 26.2 Å². The van der Waals surface area contributed by atoms with Gasteiger partial charge in [-0.25, -0.2) is 0 Å². The van der Waals surface area contributed by atoms with E-state index in [2.05, 4.69) is 20.5 Å². The Morgan fingerprint density at radius 2 is 1.92 bits per heavy atom. The molecule has 0 aliphatic carbocycles. The number of rotatable bonds is 5. The number of hydrogen-bond donors (Lipinski definition) is 3. The molecule has 126 valence electrons. The lowest BCUT2D eigenvalue weighted by molar-refractivity contribution is -0.111. The summed E-state index contributed by atoms with van der Waals surface area (Å²) in [6.45, 7) is -0.259. The zero-order chi connectivity index (χ0) is 17.6. The number of hydrogen-bond acceptors (Lipinski definition) is 4. The SMILES string of the molecule is O=C(C=Cc1ccc(Cl)cc1)Nc1n[nH]c(-c2ccncc2)c1CO. The number of aromatic amines is 1. The molecule has 6 nitrogen and oxygen atoms in total. The summed E-state index contributed by atoms with van der Waals surface area (Å²) in [6.07, 6.45) is 6.35. The average molecular weight is 355 g/mol. The van der Waals surface area contributed by atoms with Crippen LogP contribution in [0, 0.1) is 0 Å². The number of nitrogens with one attached hydrogen (secondary N) is 2. The van der Waals surface area contributed by atoms with Crippen molar-refractivity contribution in [1.29, 1.82) is 0 Å². The maximum absolute atomic E-state index is 12.1. The molecule has 0 saturated heterocycles. The fraction of sp³-hybridized carbons (Fsp3) is 0.0556. The number of amides is 1. The molecule has 25 heavy (non-hydrogen) atoms. The average Bonchev–Trinajstić information content (AvgIpc) is 3.04. The van der Waals surface area contributed by atoms with E-state index in [-0.39, 0.29) is 12.5 Å². The largest absolute Gasteiger partial charge is 0.391 e. The summed E-state index contributed by atoms with van der Waals surface area (Å²) >= 11 is 5.83. The maximum atomic E-state index is 12.1. The summed E-state index contributed by atoms with van der Waals surface area (Å²) in [4.78, 5) is 16.1. The van der Waals surface area contributed by atoms with Crippen molar-refractivity contribution in [2.75, 3.05) is 5.32 Å². The first-order valence-electron chi connectivity index (χ1n) is 7.50. The van der Waals surface area contributed by atoms with E-state index in [0.717, 1.165) is 11.1 Å². The van der Waals surface area contributed by atoms with Crippen molar-refractivity contribution in [1.82, 2.24) is 15.2 Å². The second-order valence-electron chi connectivity index (χ2n) is 5.19. The number of anilines is 1. The Balaban J connectivity index is 1.75. The van der Waals surface area contributed by atoms with Gasteiger partial charge in [0.2, 0.25) is 5.91 Å². The van der Waals surface area contributed by atoms with Gasteiger partial charge in [-0.3, -0.25) is 14.9 Å². The number of H-pyrrole nitrogens is 1. The van der Waals surface area contributed by atoms with Gasteiger partial charge < -0.3 is 10.4 Å². The third-order valence-electron chi connectivity index (χ3n) is 3.53. The van der Waals surface area contributed by atoms with Crippen LogP contribution >= 0.6 is 11.6 Å². The van der Waals surface area contributed by atoms with Crippen LogP contribution in [0.2, 0.25) is 5.02 Å². The number of aromatic nitrogens is 3. The van der Waals surface area contributed by atoms with Gasteiger partial charge in [-0.2, -0.15) is 5.10 Å². The smallest absolute Gasteiger partial charge is 0.249 e. The molecule has 0 aliphatic heterocycles. The van der Waals surface area contributed by atoms with Crippen LogP contribution in [0.15, 0.2) is 54.9 Å². The minimum absolute atomic E-state index is 0.259.